The Labute approximate surface area is 170 Å². The minimum Gasteiger partial charge on any atom is -0.384 e. The molecule has 3 nitrogen and oxygen atoms in total. The Morgan fingerprint density at radius 2 is 1.57 bits per heavy atom. The van der Waals surface area contributed by atoms with Gasteiger partial charge in [0, 0.05) is 30.7 Å². The van der Waals surface area contributed by atoms with E-state index in [1.807, 2.05) is 0 Å². The van der Waals surface area contributed by atoms with Crippen molar-refractivity contribution in [2.45, 2.75) is 57.5 Å². The van der Waals surface area contributed by atoms with Gasteiger partial charge in [0.05, 0.1) is 0 Å². The smallest absolute Gasteiger partial charge is 0.0403 e. The van der Waals surface area contributed by atoms with E-state index in [1.54, 1.807) is 0 Å². The zero-order chi connectivity index (χ0) is 18.8. The number of hydrogen-bond donors (Lipinski definition) is 1. The summed E-state index contributed by atoms with van der Waals surface area (Å²) in [5.41, 5.74) is 5.71. The summed E-state index contributed by atoms with van der Waals surface area (Å²) in [6.07, 6.45) is 14.4. The fourth-order valence-corrected chi connectivity index (χ4v) is 5.33. The molecule has 0 unspecified atom stereocenters. The number of hydrogen-bond acceptors (Lipinski definition) is 3. The number of dihydropyridines is 1. The lowest BCUT2D eigenvalue weighted by molar-refractivity contribution is 0.0900. The van der Waals surface area contributed by atoms with Crippen molar-refractivity contribution < 1.29 is 0 Å². The van der Waals surface area contributed by atoms with E-state index < -0.39 is 0 Å². The van der Waals surface area contributed by atoms with Gasteiger partial charge < -0.3 is 10.2 Å². The predicted molar refractivity (Wildman–Crippen MR) is 117 cm³/mol. The van der Waals surface area contributed by atoms with Gasteiger partial charge in [-0.25, -0.2) is 0 Å². The number of likely N-dealkylation sites (tertiary alicyclic amines) is 2. The third-order valence-electron chi connectivity index (χ3n) is 7.44. The molecular formula is C25H35N3. The van der Waals surface area contributed by atoms with Crippen LogP contribution in [0.25, 0.3) is 5.57 Å². The molecule has 0 spiro atoms. The minimum absolute atomic E-state index is 0.733. The molecule has 2 saturated heterocycles. The van der Waals surface area contributed by atoms with Gasteiger partial charge in [-0.15, -0.1) is 0 Å². The zero-order valence-electron chi connectivity index (χ0n) is 17.2. The van der Waals surface area contributed by atoms with Gasteiger partial charge in [0.25, 0.3) is 0 Å². The standard InChI is InChI=1S/C25H35N3/c1-2-15-27(14-1)19-20-6-8-21(9-7-20)23-10-11-25(26-18-23)22-12-16-28(17-13-22)24-4-3-5-24/h6-11,22,24,26H,1-5,12-19H2. The Balaban J connectivity index is 1.17. The van der Waals surface area contributed by atoms with Crippen LogP contribution in [0.15, 0.2) is 42.1 Å². The molecule has 3 heterocycles. The summed E-state index contributed by atoms with van der Waals surface area (Å²) < 4.78 is 0. The Kier molecular flexibility index (Phi) is 5.55. The topological polar surface area (TPSA) is 18.5 Å². The summed E-state index contributed by atoms with van der Waals surface area (Å²) in [7, 11) is 0. The second-order valence-electron chi connectivity index (χ2n) is 9.24. The summed E-state index contributed by atoms with van der Waals surface area (Å²) >= 11 is 0. The van der Waals surface area contributed by atoms with Crippen LogP contribution in [0.5, 0.6) is 0 Å². The normalized spacial score (nSPS) is 25.1. The molecule has 28 heavy (non-hydrogen) atoms. The van der Waals surface area contributed by atoms with Gasteiger partial charge in [0.2, 0.25) is 0 Å². The molecule has 1 aromatic rings. The van der Waals surface area contributed by atoms with Crippen molar-refractivity contribution in [2.75, 3.05) is 32.7 Å². The third kappa shape index (κ3) is 4.06. The van der Waals surface area contributed by atoms with Gasteiger partial charge in [-0.2, -0.15) is 0 Å². The molecule has 150 valence electrons. The quantitative estimate of drug-likeness (QED) is 0.820. The minimum atomic E-state index is 0.733. The summed E-state index contributed by atoms with van der Waals surface area (Å²) in [5.74, 6) is 0.733. The lowest BCUT2D eigenvalue weighted by Gasteiger charge is -2.42. The average molecular weight is 378 g/mol. The Bertz CT molecular complexity index is 715. The van der Waals surface area contributed by atoms with Crippen molar-refractivity contribution in [1.29, 1.82) is 0 Å². The maximum Gasteiger partial charge on any atom is 0.0403 e. The van der Waals surface area contributed by atoms with E-state index in [9.17, 15) is 0 Å². The number of benzene rings is 1. The van der Waals surface area contributed by atoms with Gasteiger partial charge in [-0.1, -0.05) is 36.8 Å². The maximum atomic E-state index is 3.75. The van der Waals surface area contributed by atoms with Crippen LogP contribution in [0.4, 0.5) is 0 Å². The van der Waals surface area contributed by atoms with E-state index in [1.165, 1.54) is 93.5 Å². The molecule has 1 saturated carbocycles. The van der Waals surface area contributed by atoms with E-state index in [0.29, 0.717) is 0 Å². The second kappa shape index (κ2) is 8.42. The van der Waals surface area contributed by atoms with Gasteiger partial charge in [0.1, 0.15) is 0 Å². The first-order valence-electron chi connectivity index (χ1n) is 11.6. The SMILES string of the molecule is C1=C(c2ccc(CN3CCCC3)cc2)CNC(C2CCN(C3CCC3)CC2)=C1. The zero-order valence-corrected chi connectivity index (χ0v) is 17.2. The lowest BCUT2D eigenvalue weighted by atomic mass is 9.86. The molecule has 0 aromatic heterocycles. The first kappa shape index (κ1) is 18.4. The van der Waals surface area contributed by atoms with Crippen molar-refractivity contribution in [3.63, 3.8) is 0 Å². The van der Waals surface area contributed by atoms with Crippen molar-refractivity contribution in [3.8, 4) is 0 Å². The maximum absolute atomic E-state index is 3.75. The molecule has 4 aliphatic rings. The number of allylic oxidation sites excluding steroid dienone is 3. The summed E-state index contributed by atoms with van der Waals surface area (Å²) in [4.78, 5) is 5.32. The number of piperidine rings is 1. The van der Waals surface area contributed by atoms with Crippen LogP contribution in [0.3, 0.4) is 0 Å². The molecule has 3 fully saturated rings. The molecule has 0 bridgehead atoms. The highest BCUT2D eigenvalue weighted by molar-refractivity contribution is 5.70. The largest absolute Gasteiger partial charge is 0.384 e. The molecule has 1 aromatic carbocycles. The molecular weight excluding hydrogens is 342 g/mol. The first-order chi connectivity index (χ1) is 13.8. The molecule has 0 amide bonds. The van der Waals surface area contributed by atoms with Gasteiger partial charge >= 0.3 is 0 Å². The number of rotatable bonds is 5. The molecule has 3 aliphatic heterocycles. The van der Waals surface area contributed by atoms with Gasteiger partial charge in [-0.05, 0) is 87.5 Å². The van der Waals surface area contributed by atoms with Crippen LogP contribution in [0, 0.1) is 5.92 Å². The highest BCUT2D eigenvalue weighted by Gasteiger charge is 2.30. The van der Waals surface area contributed by atoms with Crippen LogP contribution in [0.1, 0.15) is 56.1 Å². The van der Waals surface area contributed by atoms with Crippen LogP contribution in [-0.4, -0.2) is 48.6 Å². The molecule has 5 rings (SSSR count). The van der Waals surface area contributed by atoms with Crippen LogP contribution in [-0.2, 0) is 6.54 Å². The molecule has 0 radical (unpaired) electrons. The highest BCUT2D eigenvalue weighted by atomic mass is 15.2. The van der Waals surface area contributed by atoms with Crippen molar-refractivity contribution in [1.82, 2.24) is 15.1 Å². The Morgan fingerprint density at radius 3 is 2.18 bits per heavy atom. The first-order valence-corrected chi connectivity index (χ1v) is 11.6. The summed E-state index contributed by atoms with van der Waals surface area (Å²) in [6, 6.07) is 10.2. The highest BCUT2D eigenvalue weighted by Crippen LogP contribution is 2.32. The fraction of sp³-hybridized carbons (Fsp3) is 0.600. The molecule has 1 aliphatic carbocycles. The fourth-order valence-electron chi connectivity index (χ4n) is 5.33. The molecule has 0 atom stereocenters. The predicted octanol–water partition coefficient (Wildman–Crippen LogP) is 4.42. The van der Waals surface area contributed by atoms with Gasteiger partial charge in [0.15, 0.2) is 0 Å². The summed E-state index contributed by atoms with van der Waals surface area (Å²) in [5, 5.41) is 3.75. The average Bonchev–Trinajstić information content (AvgIpc) is 3.21. The van der Waals surface area contributed by atoms with Crippen LogP contribution < -0.4 is 5.32 Å². The van der Waals surface area contributed by atoms with Crippen LogP contribution in [0.2, 0.25) is 0 Å². The van der Waals surface area contributed by atoms with Crippen molar-refractivity contribution in [2.24, 2.45) is 5.92 Å². The third-order valence-corrected chi connectivity index (χ3v) is 7.44. The van der Waals surface area contributed by atoms with E-state index >= 15 is 0 Å². The number of nitrogens with one attached hydrogen (secondary N) is 1. The Morgan fingerprint density at radius 1 is 0.821 bits per heavy atom. The molecule has 3 heteroatoms. The van der Waals surface area contributed by atoms with E-state index in [0.717, 1.165) is 25.0 Å². The van der Waals surface area contributed by atoms with E-state index in [4.69, 9.17) is 0 Å². The molecule has 1 N–H and O–H groups in total. The summed E-state index contributed by atoms with van der Waals surface area (Å²) in [6.45, 7) is 7.21. The Hall–Kier alpha value is -1.58. The monoisotopic (exact) mass is 377 g/mol. The van der Waals surface area contributed by atoms with E-state index in [2.05, 4.69) is 51.5 Å². The van der Waals surface area contributed by atoms with Gasteiger partial charge in [-0.3, -0.25) is 4.90 Å². The lowest BCUT2D eigenvalue weighted by Crippen LogP contribution is -2.45. The van der Waals surface area contributed by atoms with E-state index in [-0.39, 0.29) is 0 Å². The van der Waals surface area contributed by atoms with Crippen molar-refractivity contribution in [3.05, 3.63) is 53.2 Å². The van der Waals surface area contributed by atoms with Crippen molar-refractivity contribution >= 4 is 5.57 Å². The number of nitrogens with zero attached hydrogens (tertiary/aromatic N) is 2. The van der Waals surface area contributed by atoms with Crippen LogP contribution >= 0.6 is 0 Å². The second-order valence-corrected chi connectivity index (χ2v) is 9.24.